The smallest absolute Gasteiger partial charge is 0.123 e. The van der Waals surface area contributed by atoms with Crippen LogP contribution in [-0.4, -0.2) is 0 Å². The number of benzene rings is 2. The van der Waals surface area contributed by atoms with Gasteiger partial charge < -0.3 is 0 Å². The minimum Gasteiger partial charge on any atom is -0.207 e. The minimum atomic E-state index is -0.103. The van der Waals surface area contributed by atoms with Gasteiger partial charge in [-0.05, 0) is 72.8 Å². The molecule has 0 amide bonds. The molecule has 0 saturated heterocycles. The van der Waals surface area contributed by atoms with E-state index in [2.05, 4.69) is 37.3 Å². The van der Waals surface area contributed by atoms with Crippen molar-refractivity contribution in [3.63, 3.8) is 0 Å². The molecule has 0 unspecified atom stereocenters. The number of rotatable bonds is 8. The van der Waals surface area contributed by atoms with Gasteiger partial charge in [0.15, 0.2) is 0 Å². The first-order valence-electron chi connectivity index (χ1n) is 10.5. The lowest BCUT2D eigenvalue weighted by molar-refractivity contribution is 0.253. The molecule has 0 radical (unpaired) electrons. The van der Waals surface area contributed by atoms with Crippen molar-refractivity contribution in [2.45, 2.75) is 71.1 Å². The third-order valence-corrected chi connectivity index (χ3v) is 6.10. The monoisotopic (exact) mass is 352 g/mol. The summed E-state index contributed by atoms with van der Waals surface area (Å²) in [6.07, 6.45) is 12.7. The van der Waals surface area contributed by atoms with E-state index in [0.29, 0.717) is 0 Å². The van der Waals surface area contributed by atoms with Crippen LogP contribution in [0.2, 0.25) is 0 Å². The summed E-state index contributed by atoms with van der Waals surface area (Å²) in [5.74, 6) is 1.63. The molecule has 1 aliphatic rings. The van der Waals surface area contributed by atoms with Crippen molar-refractivity contribution in [1.29, 1.82) is 0 Å². The van der Waals surface area contributed by atoms with Crippen molar-refractivity contribution < 1.29 is 4.39 Å². The quantitative estimate of drug-likeness (QED) is 0.473. The SMILES string of the molecule is CCCc1ccc(CCC2CCC(CCc3cccc(F)c3)CC2)cc1. The molecule has 0 aromatic heterocycles. The molecule has 0 nitrogen and oxygen atoms in total. The maximum absolute atomic E-state index is 13.3. The molecule has 2 aromatic carbocycles. The average molecular weight is 353 g/mol. The van der Waals surface area contributed by atoms with Gasteiger partial charge in [-0.25, -0.2) is 4.39 Å². The van der Waals surface area contributed by atoms with Gasteiger partial charge in [0.25, 0.3) is 0 Å². The minimum absolute atomic E-state index is 0.103. The van der Waals surface area contributed by atoms with E-state index in [-0.39, 0.29) is 5.82 Å². The number of halogens is 1. The van der Waals surface area contributed by atoms with Crippen molar-refractivity contribution in [2.75, 3.05) is 0 Å². The fraction of sp³-hybridized carbons (Fsp3) is 0.520. The van der Waals surface area contributed by atoms with Gasteiger partial charge in [0.2, 0.25) is 0 Å². The summed E-state index contributed by atoms with van der Waals surface area (Å²) >= 11 is 0. The zero-order valence-corrected chi connectivity index (χ0v) is 16.2. The van der Waals surface area contributed by atoms with Gasteiger partial charge in [-0.2, -0.15) is 0 Å². The second kappa shape index (κ2) is 9.90. The van der Waals surface area contributed by atoms with Gasteiger partial charge in [-0.1, -0.05) is 75.4 Å². The zero-order valence-electron chi connectivity index (χ0n) is 16.2. The highest BCUT2D eigenvalue weighted by molar-refractivity contribution is 5.22. The maximum atomic E-state index is 13.3. The molecular formula is C25H33F. The summed E-state index contributed by atoms with van der Waals surface area (Å²) in [7, 11) is 0. The predicted molar refractivity (Wildman–Crippen MR) is 109 cm³/mol. The van der Waals surface area contributed by atoms with Gasteiger partial charge in [0.1, 0.15) is 5.82 Å². The predicted octanol–water partition coefficient (Wildman–Crippen LogP) is 7.15. The molecule has 3 rings (SSSR count). The molecular weight excluding hydrogens is 319 g/mol. The van der Waals surface area contributed by atoms with Crippen LogP contribution in [0.25, 0.3) is 0 Å². The molecule has 2 aromatic rings. The Morgan fingerprint density at radius 2 is 1.27 bits per heavy atom. The zero-order chi connectivity index (χ0) is 18.2. The molecule has 0 aliphatic heterocycles. The van der Waals surface area contributed by atoms with Crippen LogP contribution in [-0.2, 0) is 19.3 Å². The van der Waals surface area contributed by atoms with Crippen molar-refractivity contribution in [3.8, 4) is 0 Å². The Morgan fingerprint density at radius 3 is 1.81 bits per heavy atom. The average Bonchev–Trinajstić information content (AvgIpc) is 2.67. The molecule has 1 heteroatoms. The fourth-order valence-corrected chi connectivity index (χ4v) is 4.40. The molecule has 0 bridgehead atoms. The highest BCUT2D eigenvalue weighted by atomic mass is 19.1. The largest absolute Gasteiger partial charge is 0.207 e. The Hall–Kier alpha value is -1.63. The highest BCUT2D eigenvalue weighted by Crippen LogP contribution is 2.34. The Balaban J connectivity index is 1.35. The van der Waals surface area contributed by atoms with E-state index in [9.17, 15) is 4.39 Å². The molecule has 0 atom stereocenters. The topological polar surface area (TPSA) is 0 Å². The summed E-state index contributed by atoms with van der Waals surface area (Å²) in [6, 6.07) is 16.4. The molecule has 1 fully saturated rings. The summed E-state index contributed by atoms with van der Waals surface area (Å²) in [4.78, 5) is 0. The van der Waals surface area contributed by atoms with Crippen molar-refractivity contribution in [3.05, 3.63) is 71.0 Å². The van der Waals surface area contributed by atoms with Gasteiger partial charge in [0, 0.05) is 0 Å². The Morgan fingerprint density at radius 1 is 0.731 bits per heavy atom. The molecule has 0 spiro atoms. The van der Waals surface area contributed by atoms with Crippen molar-refractivity contribution >= 4 is 0 Å². The highest BCUT2D eigenvalue weighted by Gasteiger charge is 2.20. The first kappa shape index (κ1) is 19.1. The van der Waals surface area contributed by atoms with Crippen molar-refractivity contribution in [2.24, 2.45) is 11.8 Å². The summed E-state index contributed by atoms with van der Waals surface area (Å²) in [5, 5.41) is 0. The Labute approximate surface area is 158 Å². The molecule has 26 heavy (non-hydrogen) atoms. The van der Waals surface area contributed by atoms with Crippen LogP contribution in [0.5, 0.6) is 0 Å². The van der Waals surface area contributed by atoms with Crippen LogP contribution in [0.3, 0.4) is 0 Å². The second-order valence-corrected chi connectivity index (χ2v) is 8.16. The summed E-state index contributed by atoms with van der Waals surface area (Å²) in [6.45, 7) is 2.24. The third kappa shape index (κ3) is 5.97. The summed E-state index contributed by atoms with van der Waals surface area (Å²) < 4.78 is 13.3. The molecule has 1 aliphatic carbocycles. The van der Waals surface area contributed by atoms with E-state index in [4.69, 9.17) is 0 Å². The third-order valence-electron chi connectivity index (χ3n) is 6.10. The number of hydrogen-bond acceptors (Lipinski definition) is 0. The first-order chi connectivity index (χ1) is 12.7. The lowest BCUT2D eigenvalue weighted by Gasteiger charge is -2.28. The van der Waals surface area contributed by atoms with E-state index in [1.165, 1.54) is 75.0 Å². The van der Waals surface area contributed by atoms with Gasteiger partial charge in [-0.15, -0.1) is 0 Å². The fourth-order valence-electron chi connectivity index (χ4n) is 4.40. The van der Waals surface area contributed by atoms with Crippen LogP contribution < -0.4 is 0 Å². The van der Waals surface area contributed by atoms with Gasteiger partial charge in [0.05, 0.1) is 0 Å². The van der Waals surface area contributed by atoms with E-state index >= 15 is 0 Å². The summed E-state index contributed by atoms with van der Waals surface area (Å²) in [5.41, 5.74) is 4.12. The Kier molecular flexibility index (Phi) is 7.29. The number of aryl methyl sites for hydroxylation is 3. The number of hydrogen-bond donors (Lipinski definition) is 0. The van der Waals surface area contributed by atoms with Crippen LogP contribution in [0.15, 0.2) is 48.5 Å². The lowest BCUT2D eigenvalue weighted by atomic mass is 9.77. The van der Waals surface area contributed by atoms with E-state index in [1.54, 1.807) is 6.07 Å². The second-order valence-electron chi connectivity index (χ2n) is 8.16. The van der Waals surface area contributed by atoms with Crippen LogP contribution in [0.1, 0.15) is 68.6 Å². The van der Waals surface area contributed by atoms with Crippen molar-refractivity contribution in [1.82, 2.24) is 0 Å². The van der Waals surface area contributed by atoms with Crippen LogP contribution >= 0.6 is 0 Å². The molecule has 140 valence electrons. The molecule has 0 N–H and O–H groups in total. The Bertz CT molecular complexity index is 650. The van der Waals surface area contributed by atoms with Crippen LogP contribution in [0, 0.1) is 17.7 Å². The standard InChI is InChI=1S/C25H33F/c1-2-4-20-7-9-21(10-8-20)11-12-22-13-15-23(16-14-22)17-18-24-5-3-6-25(26)19-24/h3,5-10,19,22-23H,2,4,11-18H2,1H3. The first-order valence-corrected chi connectivity index (χ1v) is 10.5. The van der Waals surface area contributed by atoms with E-state index < -0.39 is 0 Å². The van der Waals surface area contributed by atoms with Gasteiger partial charge >= 0.3 is 0 Å². The van der Waals surface area contributed by atoms with E-state index in [1.807, 2.05) is 6.07 Å². The molecule has 1 saturated carbocycles. The lowest BCUT2D eigenvalue weighted by Crippen LogP contribution is -2.15. The normalized spacial score (nSPS) is 20.2. The van der Waals surface area contributed by atoms with Gasteiger partial charge in [-0.3, -0.25) is 0 Å². The van der Waals surface area contributed by atoms with Crippen LogP contribution in [0.4, 0.5) is 4.39 Å². The molecule has 0 heterocycles. The maximum Gasteiger partial charge on any atom is 0.123 e. The van der Waals surface area contributed by atoms with E-state index in [0.717, 1.165) is 23.8 Å².